The Hall–Kier alpha value is -1.30. The molecule has 92 valence electrons. The minimum atomic E-state index is -0.0128. The van der Waals surface area contributed by atoms with Gasteiger partial charge in [-0.15, -0.1) is 0 Å². The van der Waals surface area contributed by atoms with Crippen molar-refractivity contribution in [2.75, 3.05) is 18.0 Å². The molecule has 3 N–H and O–H groups in total. The molecular formula is C11H17N5S. The van der Waals surface area contributed by atoms with E-state index in [2.05, 4.69) is 28.7 Å². The van der Waals surface area contributed by atoms with Crippen molar-refractivity contribution >= 4 is 23.5 Å². The number of aromatic nitrogens is 2. The first kappa shape index (κ1) is 12.2. The molecule has 17 heavy (non-hydrogen) atoms. The lowest BCUT2D eigenvalue weighted by molar-refractivity contribution is 0.706. The van der Waals surface area contributed by atoms with Crippen LogP contribution in [0.2, 0.25) is 0 Å². The highest BCUT2D eigenvalue weighted by Crippen LogP contribution is 2.26. The summed E-state index contributed by atoms with van der Waals surface area (Å²) >= 11 is 1.99. The third-order valence-corrected chi connectivity index (χ3v) is 3.85. The van der Waals surface area contributed by atoms with E-state index < -0.39 is 0 Å². The number of thioether (sulfide) groups is 1. The molecule has 0 aromatic carbocycles. The lowest BCUT2D eigenvalue weighted by atomic mass is 10.3. The number of amidine groups is 1. The molecule has 5 nitrogen and oxygen atoms in total. The van der Waals surface area contributed by atoms with Crippen LogP contribution in [-0.4, -0.2) is 39.4 Å². The minimum absolute atomic E-state index is 0.0128. The van der Waals surface area contributed by atoms with Crippen LogP contribution in [0.1, 0.15) is 19.5 Å². The number of nitrogens with zero attached hydrogens (tertiary/aromatic N) is 3. The topological polar surface area (TPSA) is 78.9 Å². The standard InChI is InChI=1S/C11H17N5S/c1-7-5-16(6-8(2)17-7)11-14-4-3-9(15-11)10(12)13/h3-4,7-8H,5-6H2,1-2H3,(H3,12,13). The Morgan fingerprint density at radius 2 is 2.12 bits per heavy atom. The van der Waals surface area contributed by atoms with Gasteiger partial charge in [-0.05, 0) is 6.07 Å². The van der Waals surface area contributed by atoms with Gasteiger partial charge in [0.1, 0.15) is 11.5 Å². The van der Waals surface area contributed by atoms with Gasteiger partial charge in [-0.25, -0.2) is 9.97 Å². The Morgan fingerprint density at radius 1 is 1.47 bits per heavy atom. The average molecular weight is 251 g/mol. The highest BCUT2D eigenvalue weighted by atomic mass is 32.2. The van der Waals surface area contributed by atoms with Crippen LogP contribution >= 0.6 is 11.8 Å². The summed E-state index contributed by atoms with van der Waals surface area (Å²) in [5.41, 5.74) is 5.93. The van der Waals surface area contributed by atoms with E-state index in [4.69, 9.17) is 11.1 Å². The number of nitrogens with one attached hydrogen (secondary N) is 1. The summed E-state index contributed by atoms with van der Waals surface area (Å²) in [5.74, 6) is 0.665. The Labute approximate surface area is 105 Å². The van der Waals surface area contributed by atoms with Crippen molar-refractivity contribution in [1.82, 2.24) is 9.97 Å². The first-order valence-corrected chi connectivity index (χ1v) is 6.58. The molecule has 2 atom stereocenters. The quantitative estimate of drug-likeness (QED) is 0.607. The second-order valence-corrected chi connectivity index (χ2v) is 6.20. The third-order valence-electron chi connectivity index (χ3n) is 2.62. The number of rotatable bonds is 2. The van der Waals surface area contributed by atoms with Crippen molar-refractivity contribution in [3.8, 4) is 0 Å². The Bertz CT molecular complexity index is 412. The molecular weight excluding hydrogens is 234 g/mol. The lowest BCUT2D eigenvalue weighted by Gasteiger charge is -2.34. The van der Waals surface area contributed by atoms with Crippen molar-refractivity contribution in [2.24, 2.45) is 5.73 Å². The molecule has 2 heterocycles. The van der Waals surface area contributed by atoms with Gasteiger partial charge in [-0.1, -0.05) is 13.8 Å². The highest BCUT2D eigenvalue weighted by molar-refractivity contribution is 8.00. The minimum Gasteiger partial charge on any atom is -0.382 e. The molecule has 1 aliphatic rings. The molecule has 2 unspecified atom stereocenters. The van der Waals surface area contributed by atoms with Crippen LogP contribution in [0.15, 0.2) is 12.3 Å². The number of hydrogen-bond donors (Lipinski definition) is 2. The number of nitrogens with two attached hydrogens (primary N) is 1. The van der Waals surface area contributed by atoms with Crippen LogP contribution in [-0.2, 0) is 0 Å². The van der Waals surface area contributed by atoms with Gasteiger partial charge in [0, 0.05) is 29.8 Å². The predicted molar refractivity (Wildman–Crippen MR) is 71.8 cm³/mol. The molecule has 2 rings (SSSR count). The van der Waals surface area contributed by atoms with Crippen LogP contribution in [0, 0.1) is 5.41 Å². The van der Waals surface area contributed by atoms with Crippen LogP contribution in [0.5, 0.6) is 0 Å². The van der Waals surface area contributed by atoms with Crippen LogP contribution in [0.25, 0.3) is 0 Å². The Kier molecular flexibility index (Phi) is 3.51. The van der Waals surface area contributed by atoms with E-state index in [9.17, 15) is 0 Å². The molecule has 1 aromatic heterocycles. The summed E-state index contributed by atoms with van der Waals surface area (Å²) in [7, 11) is 0. The second kappa shape index (κ2) is 4.91. The van der Waals surface area contributed by atoms with E-state index in [0.717, 1.165) is 13.1 Å². The molecule has 0 aliphatic carbocycles. The Balaban J connectivity index is 2.21. The predicted octanol–water partition coefficient (Wildman–Crippen LogP) is 1.09. The van der Waals surface area contributed by atoms with E-state index in [1.165, 1.54) is 0 Å². The fourth-order valence-electron chi connectivity index (χ4n) is 1.99. The summed E-state index contributed by atoms with van der Waals surface area (Å²) in [6.07, 6.45) is 1.66. The van der Waals surface area contributed by atoms with Gasteiger partial charge in [0.05, 0.1) is 0 Å². The molecule has 1 fully saturated rings. The van der Waals surface area contributed by atoms with E-state index in [-0.39, 0.29) is 5.84 Å². The van der Waals surface area contributed by atoms with Crippen LogP contribution < -0.4 is 10.6 Å². The first-order valence-electron chi connectivity index (χ1n) is 5.64. The summed E-state index contributed by atoms with van der Waals surface area (Å²) in [5, 5.41) is 8.54. The molecule has 6 heteroatoms. The molecule has 0 radical (unpaired) electrons. The van der Waals surface area contributed by atoms with Crippen LogP contribution in [0.3, 0.4) is 0 Å². The maximum Gasteiger partial charge on any atom is 0.226 e. The summed E-state index contributed by atoms with van der Waals surface area (Å²) < 4.78 is 0. The van der Waals surface area contributed by atoms with Crippen LogP contribution in [0.4, 0.5) is 5.95 Å². The maximum absolute atomic E-state index is 7.39. The van der Waals surface area contributed by atoms with Gasteiger partial charge in [0.15, 0.2) is 0 Å². The zero-order valence-electron chi connectivity index (χ0n) is 10.1. The monoisotopic (exact) mass is 251 g/mol. The molecule has 0 amide bonds. The molecule has 1 aromatic rings. The molecule has 0 bridgehead atoms. The Morgan fingerprint density at radius 3 is 2.71 bits per heavy atom. The average Bonchev–Trinajstić information content (AvgIpc) is 2.28. The van der Waals surface area contributed by atoms with E-state index in [1.54, 1.807) is 12.3 Å². The lowest BCUT2D eigenvalue weighted by Crippen LogP contribution is -2.41. The fourth-order valence-corrected chi connectivity index (χ4v) is 3.32. The van der Waals surface area contributed by atoms with Gasteiger partial charge < -0.3 is 10.6 Å². The molecule has 0 saturated carbocycles. The smallest absolute Gasteiger partial charge is 0.226 e. The van der Waals surface area contributed by atoms with Crippen molar-refractivity contribution in [1.29, 1.82) is 5.41 Å². The van der Waals surface area contributed by atoms with E-state index in [1.807, 2.05) is 11.8 Å². The highest BCUT2D eigenvalue weighted by Gasteiger charge is 2.24. The molecule has 1 saturated heterocycles. The second-order valence-electron chi connectivity index (χ2n) is 4.32. The van der Waals surface area contributed by atoms with Crippen molar-refractivity contribution in [3.63, 3.8) is 0 Å². The van der Waals surface area contributed by atoms with Gasteiger partial charge in [0.2, 0.25) is 5.95 Å². The third kappa shape index (κ3) is 2.88. The number of hydrogen-bond acceptors (Lipinski definition) is 5. The van der Waals surface area contributed by atoms with Gasteiger partial charge >= 0.3 is 0 Å². The number of anilines is 1. The van der Waals surface area contributed by atoms with Crippen molar-refractivity contribution < 1.29 is 0 Å². The van der Waals surface area contributed by atoms with Crippen molar-refractivity contribution in [3.05, 3.63) is 18.0 Å². The van der Waals surface area contributed by atoms with E-state index in [0.29, 0.717) is 22.1 Å². The summed E-state index contributed by atoms with van der Waals surface area (Å²) in [6, 6.07) is 1.66. The van der Waals surface area contributed by atoms with Crippen molar-refractivity contribution in [2.45, 2.75) is 24.3 Å². The van der Waals surface area contributed by atoms with E-state index >= 15 is 0 Å². The molecule has 1 aliphatic heterocycles. The number of nitrogen functional groups attached to an aromatic ring is 1. The van der Waals surface area contributed by atoms with Gasteiger partial charge in [-0.3, -0.25) is 5.41 Å². The fraction of sp³-hybridized carbons (Fsp3) is 0.545. The zero-order valence-corrected chi connectivity index (χ0v) is 10.9. The zero-order chi connectivity index (χ0) is 12.4. The first-order chi connectivity index (χ1) is 8.06. The largest absolute Gasteiger partial charge is 0.382 e. The normalized spacial score (nSPS) is 24.7. The SMILES string of the molecule is CC1CN(c2nccc(C(=N)N)n2)CC(C)S1. The summed E-state index contributed by atoms with van der Waals surface area (Å²) in [6.45, 7) is 6.30. The summed E-state index contributed by atoms with van der Waals surface area (Å²) in [4.78, 5) is 10.8. The van der Waals surface area contributed by atoms with Gasteiger partial charge in [0.25, 0.3) is 0 Å². The maximum atomic E-state index is 7.39. The molecule has 0 spiro atoms. The van der Waals surface area contributed by atoms with Gasteiger partial charge in [-0.2, -0.15) is 11.8 Å².